The summed E-state index contributed by atoms with van der Waals surface area (Å²) in [5.74, 6) is 2.16. The molecule has 22 heavy (non-hydrogen) atoms. The van der Waals surface area contributed by atoms with Crippen LogP contribution in [-0.4, -0.2) is 28.2 Å². The maximum atomic E-state index is 12.4. The Hall–Kier alpha value is -0.670. The van der Waals surface area contributed by atoms with Crippen LogP contribution in [0.3, 0.4) is 0 Å². The smallest absolute Gasteiger partial charge is 0.139 e. The summed E-state index contributed by atoms with van der Waals surface area (Å²) in [7, 11) is 0. The Kier molecular flexibility index (Phi) is 3.16. The second-order valence-corrected chi connectivity index (χ2v) is 8.72. The number of Topliss-reactive ketones (excluding diaryl/α,β-unsaturated/α-hetero) is 1. The van der Waals surface area contributed by atoms with E-state index < -0.39 is 12.2 Å². The second kappa shape index (κ2) is 4.67. The molecule has 2 unspecified atom stereocenters. The van der Waals surface area contributed by atoms with E-state index in [0.717, 1.165) is 32.1 Å². The summed E-state index contributed by atoms with van der Waals surface area (Å²) in [4.78, 5) is 12.4. The number of allylic oxidation sites excluding steroid dienone is 1. The number of carbonyl (C=O) groups is 1. The molecule has 4 aliphatic carbocycles. The minimum absolute atomic E-state index is 0.0224. The Labute approximate surface area is 132 Å². The van der Waals surface area contributed by atoms with Crippen molar-refractivity contribution in [1.82, 2.24) is 0 Å². The van der Waals surface area contributed by atoms with Gasteiger partial charge in [-0.3, -0.25) is 4.79 Å². The molecule has 2 N–H and O–H groups in total. The van der Waals surface area contributed by atoms with E-state index in [9.17, 15) is 15.0 Å². The molecule has 7 atom stereocenters. The van der Waals surface area contributed by atoms with Gasteiger partial charge in [-0.2, -0.15) is 0 Å². The lowest BCUT2D eigenvalue weighted by Gasteiger charge is -2.57. The summed E-state index contributed by atoms with van der Waals surface area (Å²) in [6.07, 6.45) is 7.44. The van der Waals surface area contributed by atoms with Crippen molar-refractivity contribution in [2.75, 3.05) is 0 Å². The van der Waals surface area contributed by atoms with Crippen molar-refractivity contribution in [2.45, 2.75) is 71.0 Å². The van der Waals surface area contributed by atoms with Gasteiger partial charge in [-0.25, -0.2) is 0 Å². The molecule has 0 amide bonds. The average Bonchev–Trinajstić information content (AvgIpc) is 2.77. The Balaban J connectivity index is 1.70. The average molecular weight is 304 g/mol. The molecule has 0 heterocycles. The topological polar surface area (TPSA) is 57.5 Å². The molecule has 0 radical (unpaired) electrons. The molecule has 0 aromatic heterocycles. The Morgan fingerprint density at radius 3 is 2.59 bits per heavy atom. The first kappa shape index (κ1) is 14.9. The van der Waals surface area contributed by atoms with Crippen LogP contribution in [0.1, 0.15) is 58.8 Å². The number of hydrogen-bond acceptors (Lipinski definition) is 3. The van der Waals surface area contributed by atoms with Crippen LogP contribution in [0.15, 0.2) is 11.6 Å². The Morgan fingerprint density at radius 1 is 1.09 bits per heavy atom. The fraction of sp³-hybridized carbons (Fsp3) is 0.842. The van der Waals surface area contributed by atoms with Crippen molar-refractivity contribution < 1.29 is 15.0 Å². The van der Waals surface area contributed by atoms with Crippen molar-refractivity contribution in [2.24, 2.45) is 28.6 Å². The molecule has 0 bridgehead atoms. The molecule has 3 saturated carbocycles. The van der Waals surface area contributed by atoms with Crippen molar-refractivity contribution >= 4 is 5.78 Å². The minimum atomic E-state index is -0.599. The maximum absolute atomic E-state index is 12.4. The number of aliphatic hydroxyl groups excluding tert-OH is 2. The number of rotatable bonds is 0. The molecular weight excluding hydrogens is 276 g/mol. The van der Waals surface area contributed by atoms with Crippen LogP contribution in [0, 0.1) is 28.6 Å². The van der Waals surface area contributed by atoms with Crippen LogP contribution < -0.4 is 0 Å². The molecule has 4 aliphatic rings. The molecule has 3 fully saturated rings. The van der Waals surface area contributed by atoms with Crippen LogP contribution in [0.5, 0.6) is 0 Å². The van der Waals surface area contributed by atoms with Crippen molar-refractivity contribution in [3.63, 3.8) is 0 Å². The first-order chi connectivity index (χ1) is 10.4. The van der Waals surface area contributed by atoms with Gasteiger partial charge in [-0.05, 0) is 61.7 Å². The molecule has 0 aromatic carbocycles. The van der Waals surface area contributed by atoms with Crippen LogP contribution in [0.4, 0.5) is 0 Å². The van der Waals surface area contributed by atoms with E-state index in [-0.39, 0.29) is 10.8 Å². The molecule has 0 aromatic rings. The first-order valence-electron chi connectivity index (χ1n) is 8.95. The van der Waals surface area contributed by atoms with Gasteiger partial charge in [0.1, 0.15) is 5.78 Å². The predicted molar refractivity (Wildman–Crippen MR) is 84.1 cm³/mol. The molecule has 122 valence electrons. The van der Waals surface area contributed by atoms with Gasteiger partial charge in [0.05, 0.1) is 12.2 Å². The number of carbonyl (C=O) groups excluding carboxylic acids is 1. The monoisotopic (exact) mass is 304 g/mol. The van der Waals surface area contributed by atoms with Gasteiger partial charge in [-0.15, -0.1) is 0 Å². The van der Waals surface area contributed by atoms with E-state index in [2.05, 4.69) is 19.9 Å². The van der Waals surface area contributed by atoms with Crippen LogP contribution >= 0.6 is 0 Å². The van der Waals surface area contributed by atoms with E-state index in [1.807, 2.05) is 0 Å². The van der Waals surface area contributed by atoms with Gasteiger partial charge in [0, 0.05) is 11.8 Å². The highest BCUT2D eigenvalue weighted by Crippen LogP contribution is 2.63. The van der Waals surface area contributed by atoms with Crippen molar-refractivity contribution in [3.8, 4) is 0 Å². The lowest BCUT2D eigenvalue weighted by Crippen LogP contribution is -2.53. The fourth-order valence-corrected chi connectivity index (χ4v) is 6.46. The zero-order valence-corrected chi connectivity index (χ0v) is 13.7. The lowest BCUT2D eigenvalue weighted by molar-refractivity contribution is -0.133. The third-order valence-corrected chi connectivity index (χ3v) is 7.84. The van der Waals surface area contributed by atoms with Gasteiger partial charge >= 0.3 is 0 Å². The highest BCUT2D eigenvalue weighted by molar-refractivity contribution is 5.87. The van der Waals surface area contributed by atoms with Gasteiger partial charge in [-0.1, -0.05) is 25.5 Å². The van der Waals surface area contributed by atoms with E-state index in [1.165, 1.54) is 5.57 Å². The fourth-order valence-electron chi connectivity index (χ4n) is 6.46. The van der Waals surface area contributed by atoms with Crippen molar-refractivity contribution in [1.29, 1.82) is 0 Å². The molecule has 3 nitrogen and oxygen atoms in total. The SMILES string of the molecule is C[C@]12CC(O)C(O)CC1=CC[C@@H]1[C@H]2CC[C@]2(C)C(=O)CC[C@@H]12. The molecule has 3 heteroatoms. The summed E-state index contributed by atoms with van der Waals surface area (Å²) >= 11 is 0. The van der Waals surface area contributed by atoms with Gasteiger partial charge in [0.2, 0.25) is 0 Å². The van der Waals surface area contributed by atoms with Gasteiger partial charge < -0.3 is 10.2 Å². The minimum Gasteiger partial charge on any atom is -0.390 e. The Morgan fingerprint density at radius 2 is 1.82 bits per heavy atom. The number of fused-ring (bicyclic) bond motifs is 5. The Bertz CT molecular complexity index is 539. The molecule has 0 aliphatic heterocycles. The van der Waals surface area contributed by atoms with Crippen LogP contribution in [0.2, 0.25) is 0 Å². The molecule has 4 rings (SSSR count). The zero-order valence-electron chi connectivity index (χ0n) is 13.7. The van der Waals surface area contributed by atoms with Crippen molar-refractivity contribution in [3.05, 3.63) is 11.6 Å². The quantitative estimate of drug-likeness (QED) is 0.677. The standard InChI is InChI=1S/C19H28O3/c1-18-8-7-14-12(13(18)5-6-17(18)22)4-3-11-9-15(20)16(21)10-19(11,14)2/h3,12-16,20-21H,4-10H2,1-2H3/t12-,13-,14+,15?,16?,18-,19-/m0/s1. The largest absolute Gasteiger partial charge is 0.390 e. The molecule has 0 spiro atoms. The third kappa shape index (κ3) is 1.78. The normalized spacial score (nSPS) is 54.3. The number of ketones is 1. The van der Waals surface area contributed by atoms with Crippen LogP contribution in [-0.2, 0) is 4.79 Å². The van der Waals surface area contributed by atoms with E-state index in [4.69, 9.17) is 0 Å². The predicted octanol–water partition coefficient (Wildman–Crippen LogP) is 2.85. The maximum Gasteiger partial charge on any atom is 0.139 e. The van der Waals surface area contributed by atoms with Gasteiger partial charge in [0.15, 0.2) is 0 Å². The summed E-state index contributed by atoms with van der Waals surface area (Å²) in [6.45, 7) is 4.49. The lowest BCUT2D eigenvalue weighted by atomic mass is 9.48. The third-order valence-electron chi connectivity index (χ3n) is 7.84. The van der Waals surface area contributed by atoms with E-state index in [0.29, 0.717) is 36.4 Å². The first-order valence-corrected chi connectivity index (χ1v) is 8.95. The molecule has 0 saturated heterocycles. The highest BCUT2D eigenvalue weighted by Gasteiger charge is 2.59. The van der Waals surface area contributed by atoms with E-state index >= 15 is 0 Å². The van der Waals surface area contributed by atoms with Crippen LogP contribution in [0.25, 0.3) is 0 Å². The van der Waals surface area contributed by atoms with Gasteiger partial charge in [0.25, 0.3) is 0 Å². The summed E-state index contributed by atoms with van der Waals surface area (Å²) < 4.78 is 0. The molecular formula is C19H28O3. The number of hydrogen-bond donors (Lipinski definition) is 2. The van der Waals surface area contributed by atoms with E-state index in [1.54, 1.807) is 0 Å². The number of aliphatic hydroxyl groups is 2. The zero-order chi connectivity index (χ0) is 15.7. The second-order valence-electron chi connectivity index (χ2n) is 8.72. The summed E-state index contributed by atoms with van der Waals surface area (Å²) in [5, 5.41) is 20.2. The summed E-state index contributed by atoms with van der Waals surface area (Å²) in [6, 6.07) is 0. The highest BCUT2D eigenvalue weighted by atomic mass is 16.3. The summed E-state index contributed by atoms with van der Waals surface area (Å²) in [5.41, 5.74) is 1.30.